The average Bonchev–Trinajstić information content (AvgIpc) is 3.26. The number of carbonyl (C=O) groups excluding carboxylic acids is 1. The van der Waals surface area contributed by atoms with Crippen LogP contribution in [-0.4, -0.2) is 34.9 Å². The Balaban J connectivity index is 1.74. The molecule has 1 aromatic heterocycles. The van der Waals surface area contributed by atoms with Crippen LogP contribution in [-0.2, 0) is 0 Å². The minimum atomic E-state index is -0.476. The van der Waals surface area contributed by atoms with Crippen LogP contribution in [0.15, 0.2) is 72.8 Å². The van der Waals surface area contributed by atoms with Crippen LogP contribution >= 0.6 is 11.6 Å². The largest absolute Gasteiger partial charge is 0.497 e. The highest BCUT2D eigenvalue weighted by atomic mass is 35.5. The van der Waals surface area contributed by atoms with E-state index in [1.807, 2.05) is 42.5 Å². The van der Waals surface area contributed by atoms with Gasteiger partial charge in [0.25, 0.3) is 5.91 Å². The molecule has 0 aliphatic carbocycles. The van der Waals surface area contributed by atoms with E-state index in [1.165, 1.54) is 7.11 Å². The van der Waals surface area contributed by atoms with Gasteiger partial charge in [-0.05, 0) is 36.4 Å². The van der Waals surface area contributed by atoms with Gasteiger partial charge in [0.15, 0.2) is 5.82 Å². The van der Waals surface area contributed by atoms with Crippen LogP contribution in [0, 0.1) is 0 Å². The topological polar surface area (TPSA) is 78.3 Å². The molecule has 0 saturated carbocycles. The fourth-order valence-corrected chi connectivity index (χ4v) is 3.16. The molecule has 0 fully saturated rings. The van der Waals surface area contributed by atoms with E-state index in [4.69, 9.17) is 21.1 Å². The highest BCUT2D eigenvalue weighted by Crippen LogP contribution is 2.29. The number of halogens is 1. The van der Waals surface area contributed by atoms with Crippen molar-refractivity contribution >= 4 is 23.2 Å². The Bertz CT molecular complexity index is 1210. The lowest BCUT2D eigenvalue weighted by Gasteiger charge is -2.10. The predicted molar refractivity (Wildman–Crippen MR) is 119 cm³/mol. The molecule has 1 heterocycles. The maximum atomic E-state index is 13.0. The molecule has 8 heteroatoms. The van der Waals surface area contributed by atoms with Crippen molar-refractivity contribution in [2.75, 3.05) is 19.5 Å². The standard InChI is InChI=1S/C23H19ClN4O3/c1-30-18-12-13-20(31-2)19(14-18)25-23(29)21-26-22(15-6-4-3-5-7-15)28(27-21)17-10-8-16(24)9-11-17/h3-14H,1-2H3,(H,25,29). The molecular weight excluding hydrogens is 416 g/mol. The van der Waals surface area contributed by atoms with Gasteiger partial charge >= 0.3 is 0 Å². The molecule has 1 N–H and O–H groups in total. The Morgan fingerprint density at radius 3 is 2.39 bits per heavy atom. The zero-order valence-corrected chi connectivity index (χ0v) is 17.6. The van der Waals surface area contributed by atoms with E-state index >= 15 is 0 Å². The molecule has 0 unspecified atom stereocenters. The number of ether oxygens (including phenoxy) is 2. The van der Waals surface area contributed by atoms with Crippen LogP contribution in [0.5, 0.6) is 11.5 Å². The zero-order valence-electron chi connectivity index (χ0n) is 16.9. The maximum absolute atomic E-state index is 13.0. The molecule has 0 spiro atoms. The van der Waals surface area contributed by atoms with Gasteiger partial charge in [-0.25, -0.2) is 9.67 Å². The Kier molecular flexibility index (Phi) is 5.86. The number of rotatable bonds is 6. The molecule has 4 rings (SSSR count). The number of hydrogen-bond donors (Lipinski definition) is 1. The van der Waals surface area contributed by atoms with Crippen LogP contribution in [0.2, 0.25) is 5.02 Å². The summed E-state index contributed by atoms with van der Waals surface area (Å²) in [6.07, 6.45) is 0. The van der Waals surface area contributed by atoms with Crippen molar-refractivity contribution in [1.29, 1.82) is 0 Å². The summed E-state index contributed by atoms with van der Waals surface area (Å²) < 4.78 is 12.2. The van der Waals surface area contributed by atoms with Gasteiger partial charge in [0.05, 0.1) is 25.6 Å². The number of methoxy groups -OCH3 is 2. The maximum Gasteiger partial charge on any atom is 0.295 e. The SMILES string of the molecule is COc1ccc(OC)c(NC(=O)c2nc(-c3ccccc3)n(-c3ccc(Cl)cc3)n2)c1. The summed E-state index contributed by atoms with van der Waals surface area (Å²) in [4.78, 5) is 17.5. The van der Waals surface area contributed by atoms with E-state index in [0.717, 1.165) is 11.3 Å². The molecule has 0 aliphatic rings. The first-order valence-corrected chi connectivity index (χ1v) is 9.78. The lowest BCUT2D eigenvalue weighted by atomic mass is 10.2. The summed E-state index contributed by atoms with van der Waals surface area (Å²) in [7, 11) is 3.08. The summed E-state index contributed by atoms with van der Waals surface area (Å²) in [6, 6.07) is 21.8. The second-order valence-corrected chi connectivity index (χ2v) is 6.97. The molecule has 156 valence electrons. The van der Waals surface area contributed by atoms with Gasteiger partial charge < -0.3 is 14.8 Å². The van der Waals surface area contributed by atoms with Crippen LogP contribution in [0.25, 0.3) is 17.1 Å². The van der Waals surface area contributed by atoms with E-state index in [2.05, 4.69) is 15.4 Å². The molecule has 0 bridgehead atoms. The van der Waals surface area contributed by atoms with Crippen molar-refractivity contribution in [3.8, 4) is 28.6 Å². The van der Waals surface area contributed by atoms with Crippen molar-refractivity contribution in [3.63, 3.8) is 0 Å². The number of anilines is 1. The Hall–Kier alpha value is -3.84. The number of carbonyl (C=O) groups is 1. The molecular formula is C23H19ClN4O3. The van der Waals surface area contributed by atoms with Gasteiger partial charge in [-0.1, -0.05) is 41.9 Å². The molecule has 0 aliphatic heterocycles. The monoisotopic (exact) mass is 434 g/mol. The van der Waals surface area contributed by atoms with Crippen molar-refractivity contribution in [1.82, 2.24) is 14.8 Å². The Morgan fingerprint density at radius 2 is 1.71 bits per heavy atom. The normalized spacial score (nSPS) is 10.5. The van der Waals surface area contributed by atoms with Crippen LogP contribution < -0.4 is 14.8 Å². The third kappa shape index (κ3) is 4.36. The number of nitrogens with zero attached hydrogens (tertiary/aromatic N) is 3. The number of aromatic nitrogens is 3. The van der Waals surface area contributed by atoms with Gasteiger partial charge in [-0.15, -0.1) is 5.10 Å². The summed E-state index contributed by atoms with van der Waals surface area (Å²) in [6.45, 7) is 0. The zero-order chi connectivity index (χ0) is 21.8. The molecule has 3 aromatic carbocycles. The van der Waals surface area contributed by atoms with Gasteiger partial charge in [-0.2, -0.15) is 0 Å². The fourth-order valence-electron chi connectivity index (χ4n) is 3.03. The quantitative estimate of drug-likeness (QED) is 0.469. The van der Waals surface area contributed by atoms with Crippen LogP contribution in [0.3, 0.4) is 0 Å². The minimum Gasteiger partial charge on any atom is -0.497 e. The fraction of sp³-hybridized carbons (Fsp3) is 0.0870. The van der Waals surface area contributed by atoms with Crippen molar-refractivity contribution in [3.05, 3.63) is 83.6 Å². The smallest absolute Gasteiger partial charge is 0.295 e. The second kappa shape index (κ2) is 8.89. The van der Waals surface area contributed by atoms with Gasteiger partial charge in [0, 0.05) is 16.7 Å². The lowest BCUT2D eigenvalue weighted by Crippen LogP contribution is -2.15. The van der Waals surface area contributed by atoms with Gasteiger partial charge in [-0.3, -0.25) is 4.79 Å². The van der Waals surface area contributed by atoms with E-state index in [1.54, 1.807) is 42.1 Å². The third-order valence-electron chi connectivity index (χ3n) is 4.57. The molecule has 4 aromatic rings. The summed E-state index contributed by atoms with van der Waals surface area (Å²) in [5.74, 6) is 1.15. The second-order valence-electron chi connectivity index (χ2n) is 6.53. The molecule has 0 saturated heterocycles. The van der Waals surface area contributed by atoms with E-state index < -0.39 is 5.91 Å². The summed E-state index contributed by atoms with van der Waals surface area (Å²) in [5, 5.41) is 7.87. The van der Waals surface area contributed by atoms with E-state index in [9.17, 15) is 4.79 Å². The molecule has 7 nitrogen and oxygen atoms in total. The average molecular weight is 435 g/mol. The Labute approximate surface area is 184 Å². The first-order chi connectivity index (χ1) is 15.1. The molecule has 31 heavy (non-hydrogen) atoms. The Morgan fingerprint density at radius 1 is 0.968 bits per heavy atom. The first kappa shape index (κ1) is 20.4. The number of hydrogen-bond acceptors (Lipinski definition) is 5. The number of nitrogens with one attached hydrogen (secondary N) is 1. The van der Waals surface area contributed by atoms with Crippen LogP contribution in [0.4, 0.5) is 5.69 Å². The summed E-state index contributed by atoms with van der Waals surface area (Å²) >= 11 is 6.02. The van der Waals surface area contributed by atoms with Crippen LogP contribution in [0.1, 0.15) is 10.6 Å². The number of amides is 1. The lowest BCUT2D eigenvalue weighted by molar-refractivity contribution is 0.101. The minimum absolute atomic E-state index is 0.0127. The van der Waals surface area contributed by atoms with Gasteiger partial charge in [0.2, 0.25) is 5.82 Å². The summed E-state index contributed by atoms with van der Waals surface area (Å²) in [5.41, 5.74) is 2.01. The number of benzene rings is 3. The van der Waals surface area contributed by atoms with E-state index in [-0.39, 0.29) is 5.82 Å². The predicted octanol–water partition coefficient (Wildman–Crippen LogP) is 4.86. The van der Waals surface area contributed by atoms with E-state index in [0.29, 0.717) is 28.0 Å². The van der Waals surface area contributed by atoms with Crippen molar-refractivity contribution in [2.24, 2.45) is 0 Å². The molecule has 0 atom stereocenters. The van der Waals surface area contributed by atoms with Gasteiger partial charge in [0.1, 0.15) is 11.5 Å². The highest BCUT2D eigenvalue weighted by Gasteiger charge is 2.20. The molecule has 1 amide bonds. The highest BCUT2D eigenvalue weighted by molar-refractivity contribution is 6.30. The van der Waals surface area contributed by atoms with Crippen molar-refractivity contribution in [2.45, 2.75) is 0 Å². The van der Waals surface area contributed by atoms with Crippen molar-refractivity contribution < 1.29 is 14.3 Å². The molecule has 0 radical (unpaired) electrons. The third-order valence-corrected chi connectivity index (χ3v) is 4.82. The first-order valence-electron chi connectivity index (χ1n) is 9.41.